The molecule has 0 N–H and O–H groups in total. The van der Waals surface area contributed by atoms with Crippen LogP contribution in [0.5, 0.6) is 0 Å². The average Bonchev–Trinajstić information content (AvgIpc) is 3.10. The van der Waals surface area contributed by atoms with Crippen molar-refractivity contribution in [2.24, 2.45) is 0 Å². The Morgan fingerprint density at radius 1 is 0.566 bits per heavy atom. The van der Waals surface area contributed by atoms with Gasteiger partial charge in [-0.1, -0.05) is 161 Å². The van der Waals surface area contributed by atoms with Crippen molar-refractivity contribution in [3.63, 3.8) is 0 Å². The Hall–Kier alpha value is -1.25. The summed E-state index contributed by atoms with van der Waals surface area (Å²) in [6, 6.07) is 0. The molecule has 9 nitrogen and oxygen atoms in total. The molecule has 314 valence electrons. The molecule has 53 heavy (non-hydrogen) atoms. The molecule has 2 atom stereocenters. The smallest absolute Gasteiger partial charge is 0.306 e. The molecule has 0 aliphatic carbocycles. The van der Waals surface area contributed by atoms with Gasteiger partial charge >= 0.3 is 11.9 Å². The Bertz CT molecular complexity index is 922. The van der Waals surface area contributed by atoms with Gasteiger partial charge in [-0.05, 0) is 38.5 Å². The lowest BCUT2D eigenvalue weighted by molar-refractivity contribution is -0.870. The molecular formula is C43H84NO8P. The van der Waals surface area contributed by atoms with Crippen molar-refractivity contribution in [2.75, 3.05) is 47.5 Å². The van der Waals surface area contributed by atoms with Crippen molar-refractivity contribution in [3.05, 3.63) is 12.2 Å². The molecule has 10 heteroatoms. The first-order valence-electron chi connectivity index (χ1n) is 21.9. The van der Waals surface area contributed by atoms with E-state index in [0.29, 0.717) is 17.4 Å². The maximum absolute atomic E-state index is 12.7. The van der Waals surface area contributed by atoms with E-state index in [1.54, 1.807) is 0 Å². The van der Waals surface area contributed by atoms with Gasteiger partial charge in [0.1, 0.15) is 19.8 Å². The van der Waals surface area contributed by atoms with Crippen LogP contribution < -0.4 is 4.89 Å². The molecule has 0 aliphatic rings. The Balaban J connectivity index is 4.35. The summed E-state index contributed by atoms with van der Waals surface area (Å²) in [5, 5.41) is 0. The summed E-state index contributed by atoms with van der Waals surface area (Å²) in [5.74, 6) is -0.831. The summed E-state index contributed by atoms with van der Waals surface area (Å²) < 4.78 is 33.9. The van der Waals surface area contributed by atoms with Crippen molar-refractivity contribution in [1.82, 2.24) is 0 Å². The maximum atomic E-state index is 12.7. The van der Waals surface area contributed by atoms with Crippen LogP contribution in [0.2, 0.25) is 0 Å². The molecule has 0 saturated heterocycles. The average molecular weight is 774 g/mol. The molecule has 0 amide bonds. The number of esters is 2. The topological polar surface area (TPSA) is 111 Å². The van der Waals surface area contributed by atoms with E-state index in [1.807, 2.05) is 21.1 Å². The fourth-order valence-corrected chi connectivity index (χ4v) is 6.79. The lowest BCUT2D eigenvalue weighted by atomic mass is 10.0. The largest absolute Gasteiger partial charge is 0.756 e. The fourth-order valence-electron chi connectivity index (χ4n) is 6.06. The van der Waals surface area contributed by atoms with Gasteiger partial charge in [-0.2, -0.15) is 0 Å². The third-order valence-electron chi connectivity index (χ3n) is 9.54. The van der Waals surface area contributed by atoms with Gasteiger partial charge in [-0.25, -0.2) is 0 Å². The van der Waals surface area contributed by atoms with E-state index in [9.17, 15) is 19.0 Å². The highest BCUT2D eigenvalue weighted by Crippen LogP contribution is 2.38. The number of quaternary nitrogens is 1. The predicted molar refractivity (Wildman–Crippen MR) is 218 cm³/mol. The minimum Gasteiger partial charge on any atom is -0.756 e. The summed E-state index contributed by atoms with van der Waals surface area (Å²) in [4.78, 5) is 37.5. The zero-order valence-corrected chi connectivity index (χ0v) is 36.1. The van der Waals surface area contributed by atoms with Crippen molar-refractivity contribution in [3.8, 4) is 0 Å². The van der Waals surface area contributed by atoms with Gasteiger partial charge in [0, 0.05) is 12.8 Å². The number of carbonyl (C=O) groups excluding carboxylic acids is 2. The Labute approximate surface area is 326 Å². The number of hydrogen-bond acceptors (Lipinski definition) is 8. The minimum atomic E-state index is -4.62. The van der Waals surface area contributed by atoms with Crippen LogP contribution in [-0.4, -0.2) is 70.0 Å². The van der Waals surface area contributed by atoms with E-state index >= 15 is 0 Å². The number of likely N-dealkylation sites (N-methyl/N-ethyl adjacent to an activating group) is 1. The van der Waals surface area contributed by atoms with Crippen LogP contribution in [0.1, 0.15) is 200 Å². The minimum absolute atomic E-state index is 0.0286. The highest BCUT2D eigenvalue weighted by Gasteiger charge is 2.21. The number of hydrogen-bond donors (Lipinski definition) is 0. The lowest BCUT2D eigenvalue weighted by Gasteiger charge is -2.28. The number of rotatable bonds is 40. The molecule has 0 aromatic heterocycles. The zero-order valence-electron chi connectivity index (χ0n) is 35.2. The third-order valence-corrected chi connectivity index (χ3v) is 10.5. The Morgan fingerprint density at radius 3 is 1.42 bits per heavy atom. The Kier molecular flexibility index (Phi) is 35.5. The van der Waals surface area contributed by atoms with E-state index in [2.05, 4.69) is 26.0 Å². The molecule has 0 aromatic rings. The fraction of sp³-hybridized carbons (Fsp3) is 0.907. The van der Waals surface area contributed by atoms with Gasteiger partial charge in [0.05, 0.1) is 27.7 Å². The summed E-state index contributed by atoms with van der Waals surface area (Å²) >= 11 is 0. The van der Waals surface area contributed by atoms with Crippen molar-refractivity contribution in [2.45, 2.75) is 206 Å². The second-order valence-corrected chi connectivity index (χ2v) is 17.5. The zero-order chi connectivity index (χ0) is 39.3. The molecule has 0 aromatic carbocycles. The SMILES string of the molecule is CCCCCC/C=C/CCCCCCCCCC(=O)O[C@H](COC(=O)CCCCCCCCCCCCCCCC)COP(=O)([O-])OCC[N+](C)(C)C. The number of phosphoric acid groups is 1. The number of phosphoric ester groups is 1. The number of nitrogens with zero attached hydrogens (tertiary/aromatic N) is 1. The molecule has 1 unspecified atom stereocenters. The van der Waals surface area contributed by atoms with E-state index < -0.39 is 26.5 Å². The van der Waals surface area contributed by atoms with Gasteiger partial charge in [0.25, 0.3) is 7.82 Å². The summed E-state index contributed by atoms with van der Waals surface area (Å²) in [6.07, 6.45) is 36.5. The van der Waals surface area contributed by atoms with Crippen LogP contribution in [0.25, 0.3) is 0 Å². The van der Waals surface area contributed by atoms with E-state index in [1.165, 1.54) is 122 Å². The quantitative estimate of drug-likeness (QED) is 0.0199. The number of unbranched alkanes of at least 4 members (excludes halogenated alkanes) is 24. The highest BCUT2D eigenvalue weighted by molar-refractivity contribution is 7.45. The second-order valence-electron chi connectivity index (χ2n) is 16.1. The predicted octanol–water partition coefficient (Wildman–Crippen LogP) is 11.6. The lowest BCUT2D eigenvalue weighted by Crippen LogP contribution is -2.37. The molecule has 0 aliphatic heterocycles. The van der Waals surface area contributed by atoms with Gasteiger partial charge in [-0.15, -0.1) is 0 Å². The summed E-state index contributed by atoms with van der Waals surface area (Å²) in [5.41, 5.74) is 0. The Morgan fingerprint density at radius 2 is 0.962 bits per heavy atom. The number of ether oxygens (including phenoxy) is 2. The van der Waals surface area contributed by atoms with Crippen molar-refractivity contribution >= 4 is 19.8 Å². The summed E-state index contributed by atoms with van der Waals surface area (Å²) in [6.45, 7) is 4.23. The standard InChI is InChI=1S/C43H84NO8P/c1-6-8-10-12-14-16-18-20-22-24-26-28-30-32-34-36-43(46)52-41(40-51-53(47,48)50-38-37-44(3,4)5)39-49-42(45)35-33-31-29-27-25-23-21-19-17-15-13-11-9-7-2/h16,18,41H,6-15,17,19-40H2,1-5H3/b18-16+/t41-/m1/s1. The first-order valence-corrected chi connectivity index (χ1v) is 23.4. The molecule has 0 saturated carbocycles. The van der Waals surface area contributed by atoms with Gasteiger partial charge in [0.15, 0.2) is 6.10 Å². The molecule has 0 radical (unpaired) electrons. The van der Waals surface area contributed by atoms with E-state index in [-0.39, 0.29) is 32.0 Å². The number of carbonyl (C=O) groups is 2. The van der Waals surface area contributed by atoms with Gasteiger partial charge in [0.2, 0.25) is 0 Å². The molecule has 0 rings (SSSR count). The molecular weight excluding hydrogens is 689 g/mol. The molecule has 0 heterocycles. The van der Waals surface area contributed by atoms with Crippen LogP contribution in [0.4, 0.5) is 0 Å². The van der Waals surface area contributed by atoms with E-state index in [0.717, 1.165) is 44.9 Å². The molecule has 0 bridgehead atoms. The number of allylic oxidation sites excluding steroid dienone is 2. The van der Waals surface area contributed by atoms with Gasteiger partial charge < -0.3 is 27.9 Å². The monoisotopic (exact) mass is 774 g/mol. The molecule has 0 spiro atoms. The first kappa shape index (κ1) is 51.8. The van der Waals surface area contributed by atoms with Crippen LogP contribution in [0, 0.1) is 0 Å². The highest BCUT2D eigenvalue weighted by atomic mass is 31.2. The van der Waals surface area contributed by atoms with Crippen molar-refractivity contribution < 1.29 is 42.1 Å². The van der Waals surface area contributed by atoms with Crippen molar-refractivity contribution in [1.29, 1.82) is 0 Å². The molecule has 0 fully saturated rings. The van der Waals surface area contributed by atoms with E-state index in [4.69, 9.17) is 18.5 Å². The van der Waals surface area contributed by atoms with Crippen LogP contribution in [-0.2, 0) is 32.7 Å². The van der Waals surface area contributed by atoms with Gasteiger partial charge in [-0.3, -0.25) is 14.2 Å². The van der Waals surface area contributed by atoms with Crippen LogP contribution in [0.3, 0.4) is 0 Å². The summed E-state index contributed by atoms with van der Waals surface area (Å²) in [7, 11) is 1.17. The van der Waals surface area contributed by atoms with Crippen LogP contribution in [0.15, 0.2) is 12.2 Å². The maximum Gasteiger partial charge on any atom is 0.306 e. The first-order chi connectivity index (χ1) is 25.5. The second kappa shape index (κ2) is 36.4. The van der Waals surface area contributed by atoms with Crippen LogP contribution >= 0.6 is 7.82 Å². The normalized spacial score (nSPS) is 13.7. The third kappa shape index (κ3) is 40.2.